The molecule has 2 N–H and O–H groups in total. The summed E-state index contributed by atoms with van der Waals surface area (Å²) < 4.78 is 40.9. The van der Waals surface area contributed by atoms with Gasteiger partial charge in [0.25, 0.3) is 10.0 Å². The lowest BCUT2D eigenvalue weighted by Gasteiger charge is -2.13. The number of hydrogen-bond acceptors (Lipinski definition) is 4. The average Bonchev–Trinajstić information content (AvgIpc) is 2.65. The number of fused-ring (bicyclic) bond motifs is 1. The van der Waals surface area contributed by atoms with Gasteiger partial charge in [0, 0.05) is 16.6 Å². The first kappa shape index (κ1) is 17.8. The Morgan fingerprint density at radius 1 is 1.24 bits per heavy atom. The highest BCUT2D eigenvalue weighted by Gasteiger charge is 2.22. The van der Waals surface area contributed by atoms with Gasteiger partial charge in [0.2, 0.25) is 5.91 Å². The summed E-state index contributed by atoms with van der Waals surface area (Å²) in [4.78, 5) is 12.7. The van der Waals surface area contributed by atoms with E-state index in [1.165, 1.54) is 42.1 Å². The van der Waals surface area contributed by atoms with E-state index < -0.39 is 15.8 Å². The summed E-state index contributed by atoms with van der Waals surface area (Å²) in [5, 5.41) is 2.86. The van der Waals surface area contributed by atoms with E-state index in [-0.39, 0.29) is 16.1 Å². The third-order valence-electron chi connectivity index (χ3n) is 3.77. The molecule has 0 aromatic heterocycles. The van der Waals surface area contributed by atoms with Gasteiger partial charge in [0.15, 0.2) is 0 Å². The molecule has 8 heteroatoms. The number of carbonyl (C=O) groups is 1. The van der Waals surface area contributed by atoms with Gasteiger partial charge in [0.1, 0.15) is 5.82 Å². The standard InChI is InChI=1S/C17H17FN2O3S2/c1-10-7-12(18)3-5-14(10)20-25(22,23)13-4-6-16-15(9-13)19-17(21)8-11(2)24-16/h3-7,9,11,20H,8H2,1-2H3,(H,19,21)/t11-/m0/s1. The average molecular weight is 380 g/mol. The summed E-state index contributed by atoms with van der Waals surface area (Å²) in [6, 6.07) is 8.46. The Bertz CT molecular complexity index is 945. The van der Waals surface area contributed by atoms with Crippen LogP contribution in [0.15, 0.2) is 46.2 Å². The van der Waals surface area contributed by atoms with Crippen molar-refractivity contribution in [3.8, 4) is 0 Å². The number of sulfonamides is 1. The Kier molecular flexibility index (Phi) is 4.75. The summed E-state index contributed by atoms with van der Waals surface area (Å²) in [5.41, 5.74) is 1.28. The molecule has 0 bridgehead atoms. The largest absolute Gasteiger partial charge is 0.325 e. The molecule has 0 radical (unpaired) electrons. The van der Waals surface area contributed by atoms with Crippen molar-refractivity contribution in [3.63, 3.8) is 0 Å². The molecule has 132 valence electrons. The molecule has 0 aliphatic carbocycles. The summed E-state index contributed by atoms with van der Waals surface area (Å²) in [6.45, 7) is 3.57. The summed E-state index contributed by atoms with van der Waals surface area (Å²) in [7, 11) is -3.86. The van der Waals surface area contributed by atoms with E-state index in [1.54, 1.807) is 13.0 Å². The van der Waals surface area contributed by atoms with E-state index in [1.807, 2.05) is 6.92 Å². The predicted molar refractivity (Wildman–Crippen MR) is 97.0 cm³/mol. The molecule has 2 aromatic rings. The number of rotatable bonds is 3. The minimum absolute atomic E-state index is 0.0328. The predicted octanol–water partition coefficient (Wildman–Crippen LogP) is 3.76. The highest BCUT2D eigenvalue weighted by atomic mass is 32.2. The fourth-order valence-electron chi connectivity index (χ4n) is 2.54. The molecule has 3 rings (SSSR count). The molecule has 0 saturated carbocycles. The summed E-state index contributed by atoms with van der Waals surface area (Å²) in [6.07, 6.45) is 0.369. The number of benzene rings is 2. The molecule has 0 fully saturated rings. The molecule has 0 spiro atoms. The zero-order valence-corrected chi connectivity index (χ0v) is 15.3. The van der Waals surface area contributed by atoms with E-state index in [4.69, 9.17) is 0 Å². The zero-order valence-electron chi connectivity index (χ0n) is 13.7. The second kappa shape index (κ2) is 6.68. The fourth-order valence-corrected chi connectivity index (χ4v) is 4.75. The molecule has 5 nitrogen and oxygen atoms in total. The van der Waals surface area contributed by atoms with Gasteiger partial charge in [-0.1, -0.05) is 6.92 Å². The minimum atomic E-state index is -3.86. The van der Waals surface area contributed by atoms with Gasteiger partial charge in [-0.15, -0.1) is 11.8 Å². The van der Waals surface area contributed by atoms with Crippen molar-refractivity contribution in [2.75, 3.05) is 10.0 Å². The Labute approximate surface area is 150 Å². The lowest BCUT2D eigenvalue weighted by atomic mass is 10.2. The van der Waals surface area contributed by atoms with Crippen LogP contribution in [0, 0.1) is 12.7 Å². The van der Waals surface area contributed by atoms with Crippen LogP contribution in [-0.2, 0) is 14.8 Å². The first-order chi connectivity index (χ1) is 11.7. The number of nitrogens with one attached hydrogen (secondary N) is 2. The van der Waals surface area contributed by atoms with Crippen LogP contribution in [0.1, 0.15) is 18.9 Å². The van der Waals surface area contributed by atoms with Crippen molar-refractivity contribution in [2.45, 2.75) is 35.3 Å². The third kappa shape index (κ3) is 3.96. The van der Waals surface area contributed by atoms with Crippen LogP contribution in [0.4, 0.5) is 15.8 Å². The topological polar surface area (TPSA) is 75.3 Å². The zero-order chi connectivity index (χ0) is 18.2. The highest BCUT2D eigenvalue weighted by molar-refractivity contribution is 8.00. The first-order valence-corrected chi connectivity index (χ1v) is 10.0. The maximum atomic E-state index is 13.2. The number of amides is 1. The van der Waals surface area contributed by atoms with Crippen LogP contribution in [0.3, 0.4) is 0 Å². The van der Waals surface area contributed by atoms with Crippen molar-refractivity contribution in [3.05, 3.63) is 47.8 Å². The Morgan fingerprint density at radius 3 is 2.72 bits per heavy atom. The molecule has 1 aliphatic heterocycles. The Hall–Kier alpha value is -2.06. The molecule has 25 heavy (non-hydrogen) atoms. The Balaban J connectivity index is 1.94. The molecular formula is C17H17FN2O3S2. The van der Waals surface area contributed by atoms with Crippen molar-refractivity contribution < 1.29 is 17.6 Å². The molecule has 1 heterocycles. The SMILES string of the molecule is Cc1cc(F)ccc1NS(=O)(=O)c1ccc2c(c1)NC(=O)C[C@H](C)S2. The van der Waals surface area contributed by atoms with E-state index in [0.29, 0.717) is 23.4 Å². The molecule has 1 amide bonds. The van der Waals surface area contributed by atoms with E-state index in [2.05, 4.69) is 10.0 Å². The Morgan fingerprint density at radius 2 is 2.00 bits per heavy atom. The molecule has 1 aliphatic rings. The smallest absolute Gasteiger partial charge is 0.261 e. The second-order valence-electron chi connectivity index (χ2n) is 5.90. The van der Waals surface area contributed by atoms with Gasteiger partial charge in [-0.2, -0.15) is 0 Å². The van der Waals surface area contributed by atoms with Crippen molar-refractivity contribution in [1.29, 1.82) is 0 Å². The van der Waals surface area contributed by atoms with Gasteiger partial charge in [-0.3, -0.25) is 9.52 Å². The van der Waals surface area contributed by atoms with Crippen LogP contribution in [0.5, 0.6) is 0 Å². The number of halogens is 1. The number of aryl methyl sites for hydroxylation is 1. The third-order valence-corrected chi connectivity index (χ3v) is 6.31. The number of carbonyl (C=O) groups excluding carboxylic acids is 1. The number of thioether (sulfide) groups is 1. The van der Waals surface area contributed by atoms with E-state index in [9.17, 15) is 17.6 Å². The molecule has 0 saturated heterocycles. The lowest BCUT2D eigenvalue weighted by molar-refractivity contribution is -0.116. The van der Waals surface area contributed by atoms with Gasteiger partial charge < -0.3 is 5.32 Å². The number of anilines is 2. The maximum absolute atomic E-state index is 13.2. The minimum Gasteiger partial charge on any atom is -0.325 e. The van der Waals surface area contributed by atoms with Gasteiger partial charge in [-0.25, -0.2) is 12.8 Å². The molecule has 2 aromatic carbocycles. The van der Waals surface area contributed by atoms with Crippen LogP contribution < -0.4 is 10.0 Å². The van der Waals surface area contributed by atoms with Crippen molar-refractivity contribution >= 4 is 39.1 Å². The molecule has 1 atom stereocenters. The maximum Gasteiger partial charge on any atom is 0.261 e. The van der Waals surface area contributed by atoms with Crippen molar-refractivity contribution in [2.24, 2.45) is 0 Å². The fraction of sp³-hybridized carbons (Fsp3) is 0.235. The molecule has 0 unspecified atom stereocenters. The van der Waals surface area contributed by atoms with Gasteiger partial charge >= 0.3 is 0 Å². The number of hydrogen-bond donors (Lipinski definition) is 2. The van der Waals surface area contributed by atoms with Crippen LogP contribution in [0.25, 0.3) is 0 Å². The van der Waals surface area contributed by atoms with E-state index in [0.717, 1.165) is 4.90 Å². The first-order valence-electron chi connectivity index (χ1n) is 7.64. The van der Waals surface area contributed by atoms with Crippen molar-refractivity contribution in [1.82, 2.24) is 0 Å². The lowest BCUT2D eigenvalue weighted by Crippen LogP contribution is -2.15. The van der Waals surface area contributed by atoms with Crippen LogP contribution >= 0.6 is 11.8 Å². The van der Waals surface area contributed by atoms with E-state index >= 15 is 0 Å². The highest BCUT2D eigenvalue weighted by Crippen LogP contribution is 2.36. The second-order valence-corrected chi connectivity index (χ2v) is 9.07. The van der Waals surface area contributed by atoms with Gasteiger partial charge in [0.05, 0.1) is 16.3 Å². The van der Waals surface area contributed by atoms with Crippen LogP contribution in [0.2, 0.25) is 0 Å². The summed E-state index contributed by atoms with van der Waals surface area (Å²) >= 11 is 1.52. The van der Waals surface area contributed by atoms with Crippen LogP contribution in [-0.4, -0.2) is 19.6 Å². The molecular weight excluding hydrogens is 363 g/mol. The normalized spacial score (nSPS) is 17.4. The monoisotopic (exact) mass is 380 g/mol. The quantitative estimate of drug-likeness (QED) is 0.850. The van der Waals surface area contributed by atoms with Gasteiger partial charge in [-0.05, 0) is 48.9 Å². The summed E-state index contributed by atoms with van der Waals surface area (Å²) in [5.74, 6) is -0.574.